The van der Waals surface area contributed by atoms with E-state index in [0.717, 1.165) is 19.3 Å². The average molecular weight is 197 g/mol. The summed E-state index contributed by atoms with van der Waals surface area (Å²) in [6.45, 7) is 1.98. The summed E-state index contributed by atoms with van der Waals surface area (Å²) in [5.74, 6) is -0.552. The van der Waals surface area contributed by atoms with Gasteiger partial charge in [0.05, 0.1) is 0 Å². The topological polar surface area (TPSA) is 66.4 Å². The summed E-state index contributed by atoms with van der Waals surface area (Å²) in [6, 6.07) is -0.660. The van der Waals surface area contributed by atoms with Crippen molar-refractivity contribution >= 4 is 11.9 Å². The van der Waals surface area contributed by atoms with Gasteiger partial charge in [-0.3, -0.25) is 4.79 Å². The molecule has 4 heteroatoms. The van der Waals surface area contributed by atoms with Crippen LogP contribution in [0.25, 0.3) is 0 Å². The molecule has 2 unspecified atom stereocenters. The van der Waals surface area contributed by atoms with Gasteiger partial charge < -0.3 is 10.4 Å². The van der Waals surface area contributed by atoms with E-state index in [1.54, 1.807) is 0 Å². The smallest absolute Gasteiger partial charge is 0.326 e. The molecule has 0 aromatic rings. The Hall–Kier alpha value is -1.06. The minimum atomic E-state index is -0.885. The lowest BCUT2D eigenvalue weighted by Crippen LogP contribution is -2.44. The minimum absolute atomic E-state index is 0.105. The van der Waals surface area contributed by atoms with E-state index in [4.69, 9.17) is 5.11 Å². The van der Waals surface area contributed by atoms with E-state index >= 15 is 0 Å². The van der Waals surface area contributed by atoms with Gasteiger partial charge in [0.25, 0.3) is 0 Å². The molecule has 78 valence electrons. The molecule has 2 N–H and O–H groups in total. The van der Waals surface area contributed by atoms with Gasteiger partial charge in [-0.2, -0.15) is 0 Å². The second-order valence-electron chi connectivity index (χ2n) is 4.38. The zero-order chi connectivity index (χ0) is 10.3. The van der Waals surface area contributed by atoms with Gasteiger partial charge in [-0.1, -0.05) is 6.92 Å². The monoisotopic (exact) mass is 197 g/mol. The van der Waals surface area contributed by atoms with Gasteiger partial charge in [-0.15, -0.1) is 0 Å². The van der Waals surface area contributed by atoms with Gasteiger partial charge in [0.1, 0.15) is 6.04 Å². The number of carboxylic acid groups (broad SMARTS) is 1. The van der Waals surface area contributed by atoms with Gasteiger partial charge in [-0.25, -0.2) is 4.79 Å². The quantitative estimate of drug-likeness (QED) is 0.702. The van der Waals surface area contributed by atoms with Crippen molar-refractivity contribution in [1.82, 2.24) is 5.32 Å². The number of nitrogens with one attached hydrogen (secondary N) is 1. The Morgan fingerprint density at radius 2 is 2.29 bits per heavy atom. The Labute approximate surface area is 82.7 Å². The number of carboxylic acids is 1. The van der Waals surface area contributed by atoms with Crippen molar-refractivity contribution in [2.45, 2.75) is 38.6 Å². The summed E-state index contributed by atoms with van der Waals surface area (Å²) in [5.41, 5.74) is -0.303. The second-order valence-corrected chi connectivity index (χ2v) is 4.38. The van der Waals surface area contributed by atoms with Crippen molar-refractivity contribution < 1.29 is 14.7 Å². The SMILES string of the molecule is CCC1(C2CC2)CC(=O)NC1C(=O)O. The predicted octanol–water partition coefficient (Wildman–Crippen LogP) is 0.766. The molecule has 0 aromatic carbocycles. The van der Waals surface area contributed by atoms with Crippen molar-refractivity contribution in [3.05, 3.63) is 0 Å². The van der Waals surface area contributed by atoms with Crippen molar-refractivity contribution in [1.29, 1.82) is 0 Å². The van der Waals surface area contributed by atoms with E-state index in [2.05, 4.69) is 5.32 Å². The predicted molar refractivity (Wildman–Crippen MR) is 49.6 cm³/mol. The maximum atomic E-state index is 11.3. The van der Waals surface area contributed by atoms with Crippen LogP contribution in [0.5, 0.6) is 0 Å². The summed E-state index contributed by atoms with van der Waals surface area (Å²) in [6.07, 6.45) is 3.32. The molecule has 0 radical (unpaired) electrons. The van der Waals surface area contributed by atoms with Crippen LogP contribution in [0, 0.1) is 11.3 Å². The summed E-state index contributed by atoms with van der Waals surface area (Å²) in [7, 11) is 0. The molecule has 1 amide bonds. The maximum absolute atomic E-state index is 11.3. The lowest BCUT2D eigenvalue weighted by molar-refractivity contribution is -0.143. The Morgan fingerprint density at radius 1 is 1.64 bits per heavy atom. The zero-order valence-electron chi connectivity index (χ0n) is 8.25. The molecule has 1 aliphatic carbocycles. The first-order valence-electron chi connectivity index (χ1n) is 5.12. The first kappa shape index (κ1) is 9.49. The molecule has 0 bridgehead atoms. The molecular weight excluding hydrogens is 182 g/mol. The van der Waals surface area contributed by atoms with Crippen molar-refractivity contribution in [3.63, 3.8) is 0 Å². The van der Waals surface area contributed by atoms with E-state index in [0.29, 0.717) is 12.3 Å². The fourth-order valence-electron chi connectivity index (χ4n) is 2.72. The highest BCUT2D eigenvalue weighted by Gasteiger charge is 2.57. The second kappa shape index (κ2) is 2.97. The van der Waals surface area contributed by atoms with Crippen LogP contribution in [0.15, 0.2) is 0 Å². The van der Waals surface area contributed by atoms with E-state index in [1.165, 1.54) is 0 Å². The number of carbonyl (C=O) groups is 2. The number of amides is 1. The Kier molecular flexibility index (Phi) is 2.01. The van der Waals surface area contributed by atoms with Crippen LogP contribution in [0.2, 0.25) is 0 Å². The molecule has 1 saturated heterocycles. The molecule has 1 heterocycles. The standard InChI is InChI=1S/C10H15NO3/c1-2-10(6-3-4-6)5-7(12)11-8(10)9(13)14/h6,8H,2-5H2,1H3,(H,11,12)(H,13,14). The van der Waals surface area contributed by atoms with Crippen LogP contribution in [0.4, 0.5) is 0 Å². The van der Waals surface area contributed by atoms with Crippen LogP contribution in [0.1, 0.15) is 32.6 Å². The summed E-state index contributed by atoms with van der Waals surface area (Å²) in [4.78, 5) is 22.3. The number of hydrogen-bond donors (Lipinski definition) is 2. The normalized spacial score (nSPS) is 36.9. The molecule has 2 aliphatic rings. The summed E-state index contributed by atoms with van der Waals surface area (Å²) in [5, 5.41) is 11.6. The molecular formula is C10H15NO3. The van der Waals surface area contributed by atoms with Gasteiger partial charge in [-0.05, 0) is 25.2 Å². The van der Waals surface area contributed by atoms with E-state index in [1.807, 2.05) is 6.92 Å². The van der Waals surface area contributed by atoms with Crippen LogP contribution in [0.3, 0.4) is 0 Å². The lowest BCUT2D eigenvalue weighted by Gasteiger charge is -2.30. The Balaban J connectivity index is 2.28. The number of rotatable bonds is 3. The van der Waals surface area contributed by atoms with Crippen LogP contribution < -0.4 is 5.32 Å². The van der Waals surface area contributed by atoms with Crippen molar-refractivity contribution in [2.24, 2.45) is 11.3 Å². The highest BCUT2D eigenvalue weighted by Crippen LogP contribution is 2.54. The van der Waals surface area contributed by atoms with Crippen molar-refractivity contribution in [3.8, 4) is 0 Å². The zero-order valence-corrected chi connectivity index (χ0v) is 8.25. The molecule has 2 fully saturated rings. The first-order chi connectivity index (χ1) is 6.60. The third-order valence-electron chi connectivity index (χ3n) is 3.67. The molecule has 2 atom stereocenters. The van der Waals surface area contributed by atoms with Crippen LogP contribution in [-0.2, 0) is 9.59 Å². The van der Waals surface area contributed by atoms with Gasteiger partial charge >= 0.3 is 5.97 Å². The van der Waals surface area contributed by atoms with E-state index < -0.39 is 12.0 Å². The first-order valence-corrected chi connectivity index (χ1v) is 5.12. The van der Waals surface area contributed by atoms with Gasteiger partial charge in [0.2, 0.25) is 5.91 Å². The Morgan fingerprint density at radius 3 is 2.71 bits per heavy atom. The number of aliphatic carboxylic acids is 1. The largest absolute Gasteiger partial charge is 0.480 e. The molecule has 1 saturated carbocycles. The molecule has 2 rings (SSSR count). The molecule has 0 spiro atoms. The van der Waals surface area contributed by atoms with Gasteiger partial charge in [0, 0.05) is 11.8 Å². The van der Waals surface area contributed by atoms with Crippen LogP contribution in [-0.4, -0.2) is 23.0 Å². The highest BCUT2D eigenvalue weighted by molar-refractivity contribution is 5.89. The lowest BCUT2D eigenvalue weighted by atomic mass is 9.73. The summed E-state index contributed by atoms with van der Waals surface area (Å²) >= 11 is 0. The number of carbonyl (C=O) groups excluding carboxylic acids is 1. The number of hydrogen-bond acceptors (Lipinski definition) is 2. The summed E-state index contributed by atoms with van der Waals surface area (Å²) < 4.78 is 0. The van der Waals surface area contributed by atoms with Crippen LogP contribution >= 0.6 is 0 Å². The molecule has 14 heavy (non-hydrogen) atoms. The minimum Gasteiger partial charge on any atom is -0.480 e. The third kappa shape index (κ3) is 1.21. The Bertz CT molecular complexity index is 285. The fourth-order valence-corrected chi connectivity index (χ4v) is 2.72. The van der Waals surface area contributed by atoms with Crippen molar-refractivity contribution in [2.75, 3.05) is 0 Å². The highest BCUT2D eigenvalue weighted by atomic mass is 16.4. The van der Waals surface area contributed by atoms with Gasteiger partial charge in [0.15, 0.2) is 0 Å². The third-order valence-corrected chi connectivity index (χ3v) is 3.67. The average Bonchev–Trinajstić information content (AvgIpc) is 2.90. The maximum Gasteiger partial charge on any atom is 0.326 e. The fraction of sp³-hybridized carbons (Fsp3) is 0.800. The molecule has 1 aliphatic heterocycles. The van der Waals surface area contributed by atoms with E-state index in [9.17, 15) is 9.59 Å². The molecule has 4 nitrogen and oxygen atoms in total. The van der Waals surface area contributed by atoms with E-state index in [-0.39, 0.29) is 11.3 Å². The molecule has 0 aromatic heterocycles.